The van der Waals surface area contributed by atoms with E-state index in [2.05, 4.69) is 5.32 Å². The Hall–Kier alpha value is -3.02. The monoisotopic (exact) mass is 353 g/mol. The lowest BCUT2D eigenvalue weighted by Crippen LogP contribution is -2.47. The van der Waals surface area contributed by atoms with Crippen LogP contribution < -0.4 is 10.2 Å². The third-order valence-electron chi connectivity index (χ3n) is 4.51. The highest BCUT2D eigenvalue weighted by molar-refractivity contribution is 5.91. The molecule has 1 fully saturated rings. The van der Waals surface area contributed by atoms with Gasteiger partial charge in [-0.05, 0) is 43.2 Å². The minimum Gasteiger partial charge on any atom is -0.449 e. The van der Waals surface area contributed by atoms with Crippen LogP contribution in [0.3, 0.4) is 0 Å². The average Bonchev–Trinajstić information content (AvgIpc) is 2.62. The Kier molecular flexibility index (Phi) is 5.41. The summed E-state index contributed by atoms with van der Waals surface area (Å²) in [6.45, 7) is 2.84. The van der Waals surface area contributed by atoms with Crippen LogP contribution in [0.5, 0.6) is 0 Å². The van der Waals surface area contributed by atoms with E-state index in [-0.39, 0.29) is 12.1 Å². The van der Waals surface area contributed by atoms with E-state index in [1.165, 1.54) is 4.90 Å². The van der Waals surface area contributed by atoms with Gasteiger partial charge >= 0.3 is 12.1 Å². The normalized spacial score (nSPS) is 15.8. The van der Waals surface area contributed by atoms with Crippen LogP contribution in [-0.4, -0.2) is 37.2 Å². The van der Waals surface area contributed by atoms with Crippen LogP contribution in [0.2, 0.25) is 0 Å². The number of hydrogen-bond donors (Lipinski definition) is 1. The average molecular weight is 353 g/mol. The number of nitrogens with zero attached hydrogens (tertiary/aromatic N) is 2. The summed E-state index contributed by atoms with van der Waals surface area (Å²) >= 11 is 0. The molecule has 1 heterocycles. The Morgan fingerprint density at radius 3 is 2.42 bits per heavy atom. The summed E-state index contributed by atoms with van der Waals surface area (Å²) in [5, 5.41) is 2.92. The molecule has 3 rings (SSSR count). The van der Waals surface area contributed by atoms with Crippen molar-refractivity contribution in [2.24, 2.45) is 0 Å². The molecule has 26 heavy (non-hydrogen) atoms. The van der Waals surface area contributed by atoms with Crippen molar-refractivity contribution in [2.45, 2.75) is 19.4 Å². The quantitative estimate of drug-likeness (QED) is 0.893. The lowest BCUT2D eigenvalue weighted by atomic mass is 9.95. The lowest BCUT2D eigenvalue weighted by molar-refractivity contribution is 0.126. The molecule has 0 aliphatic carbocycles. The van der Waals surface area contributed by atoms with E-state index >= 15 is 0 Å². The van der Waals surface area contributed by atoms with Crippen molar-refractivity contribution in [1.29, 1.82) is 0 Å². The van der Waals surface area contributed by atoms with E-state index in [1.54, 1.807) is 38.2 Å². The van der Waals surface area contributed by atoms with E-state index in [0.29, 0.717) is 18.0 Å². The van der Waals surface area contributed by atoms with Gasteiger partial charge in [0.1, 0.15) is 0 Å². The molecule has 0 bridgehead atoms. The first-order valence-electron chi connectivity index (χ1n) is 8.73. The number of rotatable bonds is 4. The molecule has 0 aromatic heterocycles. The van der Waals surface area contributed by atoms with Gasteiger partial charge in [0.2, 0.25) is 0 Å². The van der Waals surface area contributed by atoms with Gasteiger partial charge in [0, 0.05) is 25.0 Å². The number of benzene rings is 2. The van der Waals surface area contributed by atoms with Gasteiger partial charge in [-0.25, -0.2) is 9.59 Å². The van der Waals surface area contributed by atoms with Crippen LogP contribution in [-0.2, 0) is 4.74 Å². The van der Waals surface area contributed by atoms with Gasteiger partial charge in [-0.15, -0.1) is 0 Å². The van der Waals surface area contributed by atoms with Crippen LogP contribution in [0.1, 0.15) is 24.9 Å². The second-order valence-corrected chi connectivity index (χ2v) is 6.14. The first-order valence-corrected chi connectivity index (χ1v) is 8.73. The van der Waals surface area contributed by atoms with Crippen molar-refractivity contribution < 1.29 is 14.3 Å². The second kappa shape index (κ2) is 7.91. The SMILES string of the molecule is CCOC(=O)N(C)c1ccc(NC(=O)N2CC[C@H]2c2ccccc2)cc1. The van der Waals surface area contributed by atoms with Crippen molar-refractivity contribution in [3.05, 3.63) is 60.2 Å². The molecule has 3 amide bonds. The number of carbonyl (C=O) groups excluding carboxylic acids is 2. The number of likely N-dealkylation sites (tertiary alicyclic amines) is 1. The summed E-state index contributed by atoms with van der Waals surface area (Å²) in [5.74, 6) is 0. The molecule has 2 aromatic carbocycles. The highest BCUT2D eigenvalue weighted by Gasteiger charge is 2.33. The summed E-state index contributed by atoms with van der Waals surface area (Å²) in [7, 11) is 1.65. The number of hydrogen-bond acceptors (Lipinski definition) is 3. The molecule has 0 radical (unpaired) electrons. The number of carbonyl (C=O) groups is 2. The van der Waals surface area contributed by atoms with Crippen molar-refractivity contribution in [3.8, 4) is 0 Å². The zero-order chi connectivity index (χ0) is 18.5. The van der Waals surface area contributed by atoms with Crippen molar-refractivity contribution in [3.63, 3.8) is 0 Å². The van der Waals surface area contributed by atoms with Crippen molar-refractivity contribution in [1.82, 2.24) is 4.90 Å². The smallest absolute Gasteiger partial charge is 0.413 e. The maximum atomic E-state index is 12.5. The molecule has 2 aromatic rings. The van der Waals surface area contributed by atoms with E-state index in [9.17, 15) is 9.59 Å². The summed E-state index contributed by atoms with van der Waals surface area (Å²) in [4.78, 5) is 27.5. The van der Waals surface area contributed by atoms with Crippen LogP contribution in [0, 0.1) is 0 Å². The zero-order valence-corrected chi connectivity index (χ0v) is 15.0. The number of nitrogens with one attached hydrogen (secondary N) is 1. The first kappa shape index (κ1) is 17.8. The predicted molar refractivity (Wildman–Crippen MR) is 101 cm³/mol. The van der Waals surface area contributed by atoms with Gasteiger partial charge in [0.05, 0.1) is 12.6 Å². The molecule has 1 saturated heterocycles. The molecule has 1 atom stereocenters. The molecule has 0 spiro atoms. The second-order valence-electron chi connectivity index (χ2n) is 6.14. The fraction of sp³-hybridized carbons (Fsp3) is 0.300. The van der Waals surface area contributed by atoms with Crippen molar-refractivity contribution in [2.75, 3.05) is 30.4 Å². The Morgan fingerprint density at radius 1 is 1.15 bits per heavy atom. The van der Waals surface area contributed by atoms with Gasteiger partial charge in [-0.1, -0.05) is 30.3 Å². The van der Waals surface area contributed by atoms with Crippen LogP contribution >= 0.6 is 0 Å². The zero-order valence-electron chi connectivity index (χ0n) is 15.0. The van der Waals surface area contributed by atoms with E-state index in [0.717, 1.165) is 18.5 Å². The number of urea groups is 1. The first-order chi connectivity index (χ1) is 12.6. The topological polar surface area (TPSA) is 61.9 Å². The van der Waals surface area contributed by atoms with Gasteiger partial charge in [-0.2, -0.15) is 0 Å². The summed E-state index contributed by atoms with van der Waals surface area (Å²) in [6, 6.07) is 17.2. The third-order valence-corrected chi connectivity index (χ3v) is 4.51. The van der Waals surface area contributed by atoms with E-state index < -0.39 is 6.09 Å². The van der Waals surface area contributed by atoms with Crippen LogP contribution in [0.4, 0.5) is 21.0 Å². The van der Waals surface area contributed by atoms with E-state index in [4.69, 9.17) is 4.74 Å². The fourth-order valence-corrected chi connectivity index (χ4v) is 2.94. The van der Waals surface area contributed by atoms with E-state index in [1.807, 2.05) is 35.2 Å². The standard InChI is InChI=1S/C20H23N3O3/c1-3-26-20(25)22(2)17-11-9-16(10-12-17)21-19(24)23-14-13-18(23)15-7-5-4-6-8-15/h4-12,18H,3,13-14H2,1-2H3,(H,21,24)/t18-/m0/s1. The molecule has 0 saturated carbocycles. The summed E-state index contributed by atoms with van der Waals surface area (Å²) in [6.07, 6.45) is 0.566. The minimum absolute atomic E-state index is 0.114. The largest absolute Gasteiger partial charge is 0.449 e. The Morgan fingerprint density at radius 2 is 1.85 bits per heavy atom. The van der Waals surface area contributed by atoms with Crippen molar-refractivity contribution >= 4 is 23.5 Å². The van der Waals surface area contributed by atoms with Crippen LogP contribution in [0.15, 0.2) is 54.6 Å². The van der Waals surface area contributed by atoms with Crippen LogP contribution in [0.25, 0.3) is 0 Å². The molecule has 6 nitrogen and oxygen atoms in total. The maximum absolute atomic E-state index is 12.5. The maximum Gasteiger partial charge on any atom is 0.413 e. The molecular weight excluding hydrogens is 330 g/mol. The van der Waals surface area contributed by atoms with Gasteiger partial charge in [0.25, 0.3) is 0 Å². The number of anilines is 2. The minimum atomic E-state index is -0.407. The highest BCUT2D eigenvalue weighted by atomic mass is 16.6. The van der Waals surface area contributed by atoms with Gasteiger partial charge in [0.15, 0.2) is 0 Å². The lowest BCUT2D eigenvalue weighted by Gasteiger charge is -2.41. The summed E-state index contributed by atoms with van der Waals surface area (Å²) < 4.78 is 4.97. The Labute approximate surface area is 153 Å². The fourth-order valence-electron chi connectivity index (χ4n) is 2.94. The molecule has 136 valence electrons. The molecule has 6 heteroatoms. The molecule has 0 unspecified atom stereocenters. The predicted octanol–water partition coefficient (Wildman–Crippen LogP) is 4.26. The number of ether oxygens (including phenoxy) is 1. The summed E-state index contributed by atoms with van der Waals surface area (Å²) in [5.41, 5.74) is 2.54. The Bertz CT molecular complexity index is 762. The molecule has 1 aliphatic heterocycles. The highest BCUT2D eigenvalue weighted by Crippen LogP contribution is 2.33. The number of amides is 3. The molecule has 1 N–H and O–H groups in total. The van der Waals surface area contributed by atoms with Gasteiger partial charge < -0.3 is 15.0 Å². The molecular formula is C20H23N3O3. The third kappa shape index (κ3) is 3.79. The Balaban J connectivity index is 1.60. The van der Waals surface area contributed by atoms with Gasteiger partial charge in [-0.3, -0.25) is 4.90 Å². The molecule has 1 aliphatic rings.